The highest BCUT2D eigenvalue weighted by molar-refractivity contribution is 6.46. The van der Waals surface area contributed by atoms with Gasteiger partial charge >= 0.3 is 0 Å². The number of aliphatic hydroxyl groups is 1. The van der Waals surface area contributed by atoms with E-state index < -0.39 is 17.7 Å². The number of Topliss-reactive ketones (excluding diaryl/α,β-unsaturated/α-hetero) is 1. The average molecular weight is 495 g/mol. The number of amides is 1. The number of aryl methyl sites for hydroxylation is 1. The fourth-order valence-electron chi connectivity index (χ4n) is 4.33. The van der Waals surface area contributed by atoms with E-state index in [0.29, 0.717) is 49.2 Å². The fraction of sp³-hybridized carbons (Fsp3) is 0.448. The number of carbonyl (C=O) groups excluding carboxylic acids is 2. The lowest BCUT2D eigenvalue weighted by molar-refractivity contribution is -0.139. The topological polar surface area (TPSA) is 79.3 Å². The van der Waals surface area contributed by atoms with E-state index in [4.69, 9.17) is 9.47 Å². The van der Waals surface area contributed by atoms with Crippen LogP contribution < -0.4 is 9.47 Å². The molecule has 0 bridgehead atoms. The summed E-state index contributed by atoms with van der Waals surface area (Å²) < 4.78 is 11.4. The molecule has 1 aliphatic heterocycles. The van der Waals surface area contributed by atoms with E-state index in [-0.39, 0.29) is 11.3 Å². The van der Waals surface area contributed by atoms with Crippen LogP contribution in [0.15, 0.2) is 48.0 Å². The van der Waals surface area contributed by atoms with Gasteiger partial charge in [-0.05, 0) is 88.3 Å². The zero-order valence-corrected chi connectivity index (χ0v) is 22.2. The lowest BCUT2D eigenvalue weighted by Crippen LogP contribution is -2.32. The van der Waals surface area contributed by atoms with E-state index in [9.17, 15) is 14.7 Å². The van der Waals surface area contributed by atoms with E-state index >= 15 is 0 Å². The minimum atomic E-state index is -0.681. The van der Waals surface area contributed by atoms with Crippen LogP contribution in [0, 0.1) is 12.8 Å². The van der Waals surface area contributed by atoms with Gasteiger partial charge in [0.2, 0.25) is 0 Å². The van der Waals surface area contributed by atoms with E-state index in [2.05, 4.69) is 13.8 Å². The maximum absolute atomic E-state index is 13.3. The van der Waals surface area contributed by atoms with E-state index in [0.717, 1.165) is 17.7 Å². The van der Waals surface area contributed by atoms with Gasteiger partial charge in [-0.15, -0.1) is 0 Å². The van der Waals surface area contributed by atoms with Gasteiger partial charge in [0, 0.05) is 12.1 Å². The molecule has 7 nitrogen and oxygen atoms in total. The van der Waals surface area contributed by atoms with Crippen LogP contribution in [0.5, 0.6) is 11.5 Å². The van der Waals surface area contributed by atoms with Crippen molar-refractivity contribution in [3.05, 3.63) is 64.7 Å². The summed E-state index contributed by atoms with van der Waals surface area (Å²) in [4.78, 5) is 30.0. The fourth-order valence-corrected chi connectivity index (χ4v) is 4.33. The number of aliphatic hydroxyl groups excluding tert-OH is 1. The summed E-state index contributed by atoms with van der Waals surface area (Å²) in [5.74, 6) is 0.356. The second-order valence-corrected chi connectivity index (χ2v) is 9.83. The molecule has 36 heavy (non-hydrogen) atoms. The summed E-state index contributed by atoms with van der Waals surface area (Å²) in [5.41, 5.74) is 2.12. The molecule has 0 radical (unpaired) electrons. The van der Waals surface area contributed by atoms with Crippen LogP contribution in [-0.2, 0) is 9.59 Å². The predicted molar refractivity (Wildman–Crippen MR) is 141 cm³/mol. The number of likely N-dealkylation sites (tertiary alicyclic amines) is 1. The first-order chi connectivity index (χ1) is 17.1. The zero-order valence-electron chi connectivity index (χ0n) is 22.2. The van der Waals surface area contributed by atoms with E-state index in [1.54, 1.807) is 17.0 Å². The molecule has 194 valence electrons. The Labute approximate surface area is 214 Å². The summed E-state index contributed by atoms with van der Waals surface area (Å²) >= 11 is 0. The van der Waals surface area contributed by atoms with Crippen molar-refractivity contribution < 1.29 is 24.2 Å². The molecular weight excluding hydrogens is 456 g/mol. The molecule has 0 aliphatic carbocycles. The molecule has 1 atom stereocenters. The molecule has 7 heteroatoms. The monoisotopic (exact) mass is 494 g/mol. The second kappa shape index (κ2) is 12.1. The Morgan fingerprint density at radius 2 is 1.72 bits per heavy atom. The molecule has 0 saturated carbocycles. The first kappa shape index (κ1) is 27.3. The molecule has 1 N–H and O–H groups in total. The van der Waals surface area contributed by atoms with Gasteiger partial charge in [-0.2, -0.15) is 0 Å². The van der Waals surface area contributed by atoms with Crippen molar-refractivity contribution >= 4 is 17.4 Å². The first-order valence-electron chi connectivity index (χ1n) is 12.5. The minimum absolute atomic E-state index is 0.105. The normalized spacial score (nSPS) is 17.3. The van der Waals surface area contributed by atoms with Crippen molar-refractivity contribution in [1.29, 1.82) is 0 Å². The van der Waals surface area contributed by atoms with Crippen LogP contribution in [0.3, 0.4) is 0 Å². The number of benzene rings is 2. The quantitative estimate of drug-likeness (QED) is 0.275. The largest absolute Gasteiger partial charge is 0.507 e. The molecule has 2 aromatic carbocycles. The Bertz CT molecular complexity index is 1110. The van der Waals surface area contributed by atoms with Crippen LogP contribution in [0.4, 0.5) is 0 Å². The van der Waals surface area contributed by atoms with Gasteiger partial charge in [-0.3, -0.25) is 9.59 Å². The third kappa shape index (κ3) is 6.26. The van der Waals surface area contributed by atoms with Crippen LogP contribution in [0.2, 0.25) is 0 Å². The third-order valence-electron chi connectivity index (χ3n) is 6.09. The number of ketones is 1. The lowest BCUT2D eigenvalue weighted by atomic mass is 9.93. The maximum atomic E-state index is 13.3. The summed E-state index contributed by atoms with van der Waals surface area (Å²) in [6, 6.07) is 12.0. The molecule has 0 aromatic heterocycles. The third-order valence-corrected chi connectivity index (χ3v) is 6.09. The van der Waals surface area contributed by atoms with Gasteiger partial charge in [0.05, 0.1) is 24.8 Å². The van der Waals surface area contributed by atoms with Crippen molar-refractivity contribution in [3.8, 4) is 11.5 Å². The van der Waals surface area contributed by atoms with Gasteiger partial charge in [0.1, 0.15) is 17.3 Å². The lowest BCUT2D eigenvalue weighted by Gasteiger charge is -2.26. The number of carbonyl (C=O) groups is 2. The predicted octanol–water partition coefficient (Wildman–Crippen LogP) is 4.80. The molecule has 1 aliphatic rings. The van der Waals surface area contributed by atoms with Gasteiger partial charge in [-0.1, -0.05) is 26.0 Å². The Kier molecular flexibility index (Phi) is 9.15. The number of nitrogens with zero attached hydrogens (tertiary/aromatic N) is 2. The summed E-state index contributed by atoms with van der Waals surface area (Å²) in [6.45, 7) is 10.2. The highest BCUT2D eigenvalue weighted by Gasteiger charge is 2.45. The molecule has 1 amide bonds. The Balaban J connectivity index is 2.04. The van der Waals surface area contributed by atoms with Crippen LogP contribution in [0.25, 0.3) is 5.76 Å². The van der Waals surface area contributed by atoms with Gasteiger partial charge in [0.25, 0.3) is 11.7 Å². The SMILES string of the molecule is CCOc1ccc([C@H]2/C(=C(\O)c3ccc(OCC(C)C)cc3C)C(=O)C(=O)N2CCCN(C)C)cc1. The Morgan fingerprint density at radius 1 is 1.06 bits per heavy atom. The van der Waals surface area contributed by atoms with Crippen LogP contribution >= 0.6 is 0 Å². The highest BCUT2D eigenvalue weighted by atomic mass is 16.5. The summed E-state index contributed by atoms with van der Waals surface area (Å²) in [7, 11) is 3.94. The van der Waals surface area contributed by atoms with Crippen molar-refractivity contribution in [2.45, 2.75) is 40.2 Å². The molecule has 1 saturated heterocycles. The number of hydrogen-bond donors (Lipinski definition) is 1. The van der Waals surface area contributed by atoms with E-state index in [1.165, 1.54) is 0 Å². The molecule has 0 spiro atoms. The minimum Gasteiger partial charge on any atom is -0.507 e. The summed E-state index contributed by atoms with van der Waals surface area (Å²) in [6.07, 6.45) is 0.703. The zero-order chi connectivity index (χ0) is 26.4. The smallest absolute Gasteiger partial charge is 0.295 e. The van der Waals surface area contributed by atoms with Crippen LogP contribution in [-0.4, -0.2) is 67.0 Å². The first-order valence-corrected chi connectivity index (χ1v) is 12.5. The number of rotatable bonds is 11. The highest BCUT2D eigenvalue weighted by Crippen LogP contribution is 2.40. The molecular formula is C29H38N2O5. The average Bonchev–Trinajstić information content (AvgIpc) is 3.08. The van der Waals surface area contributed by atoms with E-state index in [1.807, 2.05) is 63.2 Å². The Morgan fingerprint density at radius 3 is 2.31 bits per heavy atom. The van der Waals surface area contributed by atoms with Crippen molar-refractivity contribution in [2.75, 3.05) is 40.4 Å². The molecule has 2 aromatic rings. The van der Waals surface area contributed by atoms with Gasteiger partial charge < -0.3 is 24.4 Å². The van der Waals surface area contributed by atoms with Gasteiger partial charge in [-0.25, -0.2) is 0 Å². The molecule has 0 unspecified atom stereocenters. The van der Waals surface area contributed by atoms with Crippen molar-refractivity contribution in [3.63, 3.8) is 0 Å². The van der Waals surface area contributed by atoms with Gasteiger partial charge in [0.15, 0.2) is 0 Å². The molecule has 1 heterocycles. The summed E-state index contributed by atoms with van der Waals surface area (Å²) in [5, 5.41) is 11.4. The Hall–Kier alpha value is -3.32. The number of ether oxygens (including phenoxy) is 2. The van der Waals surface area contributed by atoms with Crippen molar-refractivity contribution in [2.24, 2.45) is 5.92 Å². The second-order valence-electron chi connectivity index (χ2n) is 9.83. The standard InChI is InChI=1S/C29H38N2O5/c1-7-35-22-11-9-21(10-12-22)26-25(28(33)29(34)31(26)16-8-15-30(5)6)27(32)24-14-13-23(17-20(24)4)36-18-19(2)3/h9-14,17,19,26,32H,7-8,15-16,18H2,1-6H3/b27-25+/t26-/m0/s1. The number of hydrogen-bond acceptors (Lipinski definition) is 6. The molecule has 3 rings (SSSR count). The maximum Gasteiger partial charge on any atom is 0.295 e. The van der Waals surface area contributed by atoms with Crippen molar-refractivity contribution in [1.82, 2.24) is 9.80 Å². The van der Waals surface area contributed by atoms with Crippen LogP contribution in [0.1, 0.15) is 49.9 Å². The molecule has 1 fully saturated rings.